The van der Waals surface area contributed by atoms with Crippen molar-refractivity contribution in [3.05, 3.63) is 107 Å². The van der Waals surface area contributed by atoms with Crippen LogP contribution in [0.3, 0.4) is 0 Å². The Kier molecular flexibility index (Phi) is 9.03. The van der Waals surface area contributed by atoms with Crippen LogP contribution in [0, 0.1) is 13.8 Å². The predicted octanol–water partition coefficient (Wildman–Crippen LogP) is 5.40. The van der Waals surface area contributed by atoms with Gasteiger partial charge in [0.2, 0.25) is 11.8 Å². The van der Waals surface area contributed by atoms with Gasteiger partial charge >= 0.3 is 0 Å². The highest BCUT2D eigenvalue weighted by Gasteiger charge is 2.30. The lowest BCUT2D eigenvalue weighted by atomic mass is 10.00. The van der Waals surface area contributed by atoms with E-state index in [1.807, 2.05) is 75.4 Å². The lowest BCUT2D eigenvalue weighted by Gasteiger charge is -2.32. The molecule has 0 aromatic heterocycles. The maximum atomic E-state index is 13.7. The second-order valence-electron chi connectivity index (χ2n) is 9.30. The Hall–Kier alpha value is -3.40. The van der Waals surface area contributed by atoms with E-state index in [1.54, 1.807) is 4.90 Å². The number of carbonyl (C=O) groups excluding carboxylic acids is 2. The van der Waals surface area contributed by atoms with Crippen molar-refractivity contribution in [2.24, 2.45) is 0 Å². The van der Waals surface area contributed by atoms with Crippen LogP contribution in [0.4, 0.5) is 0 Å². The molecule has 0 heterocycles. The summed E-state index contributed by atoms with van der Waals surface area (Å²) in [5, 5.41) is 3.05. The Morgan fingerprint density at radius 3 is 2.12 bits per heavy atom. The average Bonchev–Trinajstić information content (AvgIpc) is 2.82. The van der Waals surface area contributed by atoms with Crippen molar-refractivity contribution in [2.45, 2.75) is 65.6 Å². The van der Waals surface area contributed by atoms with Crippen LogP contribution < -0.4 is 5.32 Å². The summed E-state index contributed by atoms with van der Waals surface area (Å²) < 4.78 is 0. The van der Waals surface area contributed by atoms with Gasteiger partial charge in [0.1, 0.15) is 6.04 Å². The maximum Gasteiger partial charge on any atom is 0.243 e. The predicted molar refractivity (Wildman–Crippen MR) is 138 cm³/mol. The van der Waals surface area contributed by atoms with Gasteiger partial charge in [-0.2, -0.15) is 0 Å². The molecule has 0 fully saturated rings. The molecular weight excluding hydrogens is 420 g/mol. The smallest absolute Gasteiger partial charge is 0.243 e. The first-order valence-corrected chi connectivity index (χ1v) is 12.1. The number of rotatable bonds is 10. The molecule has 34 heavy (non-hydrogen) atoms. The lowest BCUT2D eigenvalue weighted by molar-refractivity contribution is -0.141. The van der Waals surface area contributed by atoms with Crippen LogP contribution in [-0.4, -0.2) is 28.8 Å². The summed E-state index contributed by atoms with van der Waals surface area (Å²) in [6, 6.07) is 25.7. The zero-order valence-electron chi connectivity index (χ0n) is 20.8. The molecule has 2 amide bonds. The molecule has 0 aliphatic heterocycles. The van der Waals surface area contributed by atoms with E-state index in [1.165, 1.54) is 5.56 Å². The highest BCUT2D eigenvalue weighted by molar-refractivity contribution is 5.88. The van der Waals surface area contributed by atoms with E-state index in [9.17, 15) is 9.59 Å². The monoisotopic (exact) mass is 456 g/mol. The van der Waals surface area contributed by atoms with Crippen LogP contribution in [0.1, 0.15) is 48.1 Å². The van der Waals surface area contributed by atoms with E-state index >= 15 is 0 Å². The highest BCUT2D eigenvalue weighted by atomic mass is 16.2. The number of hydrogen-bond donors (Lipinski definition) is 1. The Balaban J connectivity index is 1.91. The summed E-state index contributed by atoms with van der Waals surface area (Å²) in [5.74, 6) is -0.125. The number of aryl methyl sites for hydroxylation is 3. The van der Waals surface area contributed by atoms with Crippen molar-refractivity contribution >= 4 is 11.8 Å². The van der Waals surface area contributed by atoms with Crippen molar-refractivity contribution in [3.63, 3.8) is 0 Å². The summed E-state index contributed by atoms with van der Waals surface area (Å²) in [6.07, 6.45) is 1.48. The van der Waals surface area contributed by atoms with Crippen LogP contribution in [-0.2, 0) is 29.0 Å². The molecule has 0 aliphatic rings. The van der Waals surface area contributed by atoms with Crippen molar-refractivity contribution in [1.82, 2.24) is 10.2 Å². The fraction of sp³-hybridized carbons (Fsp3) is 0.333. The Labute approximate surface area is 204 Å². The average molecular weight is 457 g/mol. The summed E-state index contributed by atoms with van der Waals surface area (Å²) in [7, 11) is 0. The van der Waals surface area contributed by atoms with Gasteiger partial charge in [-0.25, -0.2) is 0 Å². The fourth-order valence-corrected chi connectivity index (χ4v) is 4.06. The first-order valence-electron chi connectivity index (χ1n) is 12.1. The van der Waals surface area contributed by atoms with Crippen molar-refractivity contribution in [2.75, 3.05) is 0 Å². The molecule has 1 N–H and O–H groups in total. The van der Waals surface area contributed by atoms with Crippen molar-refractivity contribution < 1.29 is 9.59 Å². The van der Waals surface area contributed by atoms with E-state index in [0.29, 0.717) is 25.8 Å². The van der Waals surface area contributed by atoms with Crippen LogP contribution in [0.25, 0.3) is 0 Å². The molecule has 0 bridgehead atoms. The van der Waals surface area contributed by atoms with Crippen molar-refractivity contribution in [3.8, 4) is 0 Å². The molecule has 0 spiro atoms. The quantitative estimate of drug-likeness (QED) is 0.444. The highest BCUT2D eigenvalue weighted by Crippen LogP contribution is 2.19. The van der Waals surface area contributed by atoms with Gasteiger partial charge < -0.3 is 10.2 Å². The van der Waals surface area contributed by atoms with E-state index < -0.39 is 6.04 Å². The molecule has 0 aliphatic carbocycles. The van der Waals surface area contributed by atoms with E-state index in [4.69, 9.17) is 0 Å². The molecule has 3 aromatic rings. The molecule has 1 atom stereocenters. The third kappa shape index (κ3) is 7.31. The first kappa shape index (κ1) is 25.2. The first-order chi connectivity index (χ1) is 16.3. The van der Waals surface area contributed by atoms with Crippen LogP contribution in [0.5, 0.6) is 0 Å². The Morgan fingerprint density at radius 2 is 1.47 bits per heavy atom. The van der Waals surface area contributed by atoms with Gasteiger partial charge in [0.15, 0.2) is 0 Å². The van der Waals surface area contributed by atoms with Gasteiger partial charge in [0.05, 0.1) is 0 Å². The molecule has 178 valence electrons. The molecule has 0 radical (unpaired) electrons. The molecule has 3 rings (SSSR count). The molecule has 4 nitrogen and oxygen atoms in total. The number of amides is 2. The zero-order valence-corrected chi connectivity index (χ0v) is 20.8. The minimum Gasteiger partial charge on any atom is -0.352 e. The Morgan fingerprint density at radius 1 is 0.824 bits per heavy atom. The molecule has 0 saturated heterocycles. The van der Waals surface area contributed by atoms with Gasteiger partial charge in [-0.3, -0.25) is 9.59 Å². The van der Waals surface area contributed by atoms with Crippen LogP contribution >= 0.6 is 0 Å². The van der Waals surface area contributed by atoms with Gasteiger partial charge in [0, 0.05) is 25.4 Å². The minimum atomic E-state index is -0.588. The third-order valence-corrected chi connectivity index (χ3v) is 6.05. The standard InChI is InChI=1S/C30H36N2O2/c1-22(2)31-30(34)28(20-26-11-6-5-7-12-26)32(21-27-13-9-8-10-24(27)4)29(33)19-18-25-16-14-23(3)15-17-25/h5-17,22,28H,18-21H2,1-4H3,(H,31,34). The third-order valence-electron chi connectivity index (χ3n) is 6.05. The normalized spacial score (nSPS) is 11.8. The van der Waals surface area contributed by atoms with E-state index in [2.05, 4.69) is 36.5 Å². The van der Waals surface area contributed by atoms with Crippen LogP contribution in [0.15, 0.2) is 78.9 Å². The number of nitrogens with one attached hydrogen (secondary N) is 1. The maximum absolute atomic E-state index is 13.7. The lowest BCUT2D eigenvalue weighted by Crippen LogP contribution is -2.51. The Bertz CT molecular complexity index is 1070. The molecule has 1 unspecified atom stereocenters. The molecule has 4 heteroatoms. The second-order valence-corrected chi connectivity index (χ2v) is 9.30. The largest absolute Gasteiger partial charge is 0.352 e. The van der Waals surface area contributed by atoms with E-state index in [-0.39, 0.29) is 17.9 Å². The van der Waals surface area contributed by atoms with E-state index in [0.717, 1.165) is 22.3 Å². The molecular formula is C30H36N2O2. The van der Waals surface area contributed by atoms with Gasteiger partial charge in [-0.15, -0.1) is 0 Å². The number of benzene rings is 3. The number of carbonyl (C=O) groups is 2. The minimum absolute atomic E-state index is 0.00579. The second kappa shape index (κ2) is 12.2. The number of nitrogens with zero attached hydrogens (tertiary/aromatic N) is 1. The summed E-state index contributed by atoms with van der Waals surface area (Å²) in [5.41, 5.74) is 5.53. The number of hydrogen-bond acceptors (Lipinski definition) is 2. The van der Waals surface area contributed by atoms with Gasteiger partial charge in [-0.1, -0.05) is 84.4 Å². The summed E-state index contributed by atoms with van der Waals surface area (Å²) in [4.78, 5) is 28.8. The topological polar surface area (TPSA) is 49.4 Å². The molecule has 0 saturated carbocycles. The molecule has 3 aromatic carbocycles. The van der Waals surface area contributed by atoms with Crippen LogP contribution in [0.2, 0.25) is 0 Å². The summed E-state index contributed by atoms with van der Waals surface area (Å²) >= 11 is 0. The zero-order chi connectivity index (χ0) is 24.5. The van der Waals surface area contributed by atoms with Gasteiger partial charge in [-0.05, 0) is 56.4 Å². The van der Waals surface area contributed by atoms with Crippen molar-refractivity contribution in [1.29, 1.82) is 0 Å². The fourth-order valence-electron chi connectivity index (χ4n) is 4.06. The SMILES string of the molecule is Cc1ccc(CCC(=O)N(Cc2ccccc2C)C(Cc2ccccc2)C(=O)NC(C)C)cc1. The summed E-state index contributed by atoms with van der Waals surface area (Å²) in [6.45, 7) is 8.40. The van der Waals surface area contributed by atoms with Gasteiger partial charge in [0.25, 0.3) is 0 Å².